The van der Waals surface area contributed by atoms with E-state index in [1.807, 2.05) is 6.08 Å². The van der Waals surface area contributed by atoms with Crippen molar-refractivity contribution in [2.75, 3.05) is 0 Å². The zero-order valence-corrected chi connectivity index (χ0v) is 11.4. The van der Waals surface area contributed by atoms with Gasteiger partial charge in [0.1, 0.15) is 5.78 Å². The van der Waals surface area contributed by atoms with Gasteiger partial charge in [-0.1, -0.05) is 25.7 Å². The highest BCUT2D eigenvalue weighted by Crippen LogP contribution is 2.39. The van der Waals surface area contributed by atoms with Gasteiger partial charge in [-0.3, -0.25) is 4.79 Å². The van der Waals surface area contributed by atoms with Crippen molar-refractivity contribution in [3.8, 4) is 0 Å². The maximum Gasteiger partial charge on any atom is 0.133 e. The molecule has 0 N–H and O–H groups in total. The number of rotatable bonds is 4. The summed E-state index contributed by atoms with van der Waals surface area (Å²) in [5.41, 5.74) is 0.716. The summed E-state index contributed by atoms with van der Waals surface area (Å²) in [4.78, 5) is 11.7. The maximum absolute atomic E-state index is 11.7. The zero-order chi connectivity index (χ0) is 11.5. The molecule has 2 atom stereocenters. The lowest BCUT2D eigenvalue weighted by Gasteiger charge is -2.35. The summed E-state index contributed by atoms with van der Waals surface area (Å²) in [7, 11) is -1.13. The summed E-state index contributed by atoms with van der Waals surface area (Å²) in [6.45, 7) is 10.9. The van der Waals surface area contributed by atoms with Gasteiger partial charge < -0.3 is 0 Å². The third kappa shape index (κ3) is 3.94. The average molecular weight is 224 g/mol. The van der Waals surface area contributed by atoms with E-state index in [4.69, 9.17) is 0 Å². The molecule has 0 heterocycles. The fraction of sp³-hybridized carbons (Fsp3) is 0.769. The molecule has 0 saturated heterocycles. The Balaban J connectivity index is 2.55. The lowest BCUT2D eigenvalue weighted by atomic mass is 9.85. The van der Waals surface area contributed by atoms with Crippen LogP contribution in [0.4, 0.5) is 0 Å². The summed E-state index contributed by atoms with van der Waals surface area (Å²) in [5.74, 6) is 1.14. The third-order valence-corrected chi connectivity index (χ3v) is 6.50. The van der Waals surface area contributed by atoms with Crippen LogP contribution in [0, 0.1) is 5.92 Å². The molecule has 15 heavy (non-hydrogen) atoms. The van der Waals surface area contributed by atoms with Crippen LogP contribution in [0.25, 0.3) is 0 Å². The normalized spacial score (nSPS) is 27.8. The molecule has 0 bridgehead atoms. The van der Waals surface area contributed by atoms with E-state index in [2.05, 4.69) is 26.2 Å². The van der Waals surface area contributed by atoms with Crippen LogP contribution in [0.1, 0.15) is 32.1 Å². The van der Waals surface area contributed by atoms with Gasteiger partial charge in [-0.25, -0.2) is 0 Å². The first-order valence-electron chi connectivity index (χ1n) is 6.06. The van der Waals surface area contributed by atoms with Gasteiger partial charge in [0.05, 0.1) is 0 Å². The molecule has 1 nitrogen and oxygen atoms in total. The molecule has 0 spiro atoms. The zero-order valence-electron chi connectivity index (χ0n) is 10.4. The molecule has 0 aliphatic heterocycles. The van der Waals surface area contributed by atoms with Crippen LogP contribution >= 0.6 is 0 Å². The Bertz CT molecular complexity index is 239. The number of allylic oxidation sites excluding steroid dienone is 1. The standard InChI is InChI=1S/C13H24OSi/c1-5-6-7-11-8-12(14)10-13(9-11)15(2,3)4/h5,11,13H,1,6-10H2,2-4H3/t11-,13+/m1/s1. The maximum atomic E-state index is 11.7. The molecule has 0 aromatic rings. The third-order valence-electron chi connectivity index (χ3n) is 3.61. The van der Waals surface area contributed by atoms with E-state index in [-0.39, 0.29) is 0 Å². The Kier molecular flexibility index (Phi) is 4.32. The SMILES string of the molecule is C=CCC[C@@H]1CC(=O)C[C@@H]([Si](C)(C)C)C1. The van der Waals surface area contributed by atoms with Crippen LogP contribution in [0.5, 0.6) is 0 Å². The van der Waals surface area contributed by atoms with Gasteiger partial charge in [0.15, 0.2) is 0 Å². The minimum absolute atomic E-state index is 0.503. The molecule has 0 unspecified atom stereocenters. The molecule has 0 amide bonds. The number of carbonyl (C=O) groups is 1. The van der Waals surface area contributed by atoms with Crippen LogP contribution in [0.3, 0.4) is 0 Å². The molecule has 2 heteroatoms. The summed E-state index contributed by atoms with van der Waals surface area (Å²) in [6, 6.07) is 0. The smallest absolute Gasteiger partial charge is 0.133 e. The first-order valence-corrected chi connectivity index (χ1v) is 9.63. The Morgan fingerprint density at radius 3 is 2.60 bits per heavy atom. The molecule has 0 aromatic heterocycles. The van der Waals surface area contributed by atoms with E-state index in [0.717, 1.165) is 25.7 Å². The average Bonchev–Trinajstić information content (AvgIpc) is 2.12. The summed E-state index contributed by atoms with van der Waals surface area (Å²) in [6.07, 6.45) is 7.18. The second-order valence-electron chi connectivity index (χ2n) is 5.98. The highest BCUT2D eigenvalue weighted by molar-refractivity contribution is 6.77. The number of hydrogen-bond donors (Lipinski definition) is 0. The molecule has 1 saturated carbocycles. The predicted molar refractivity (Wildman–Crippen MR) is 68.9 cm³/mol. The first-order chi connectivity index (χ1) is 6.93. The van der Waals surface area contributed by atoms with Gasteiger partial charge in [0.25, 0.3) is 0 Å². The second-order valence-corrected chi connectivity index (χ2v) is 11.5. The van der Waals surface area contributed by atoms with Crippen LogP contribution in [-0.4, -0.2) is 13.9 Å². The van der Waals surface area contributed by atoms with E-state index in [9.17, 15) is 4.79 Å². The fourth-order valence-electron chi connectivity index (χ4n) is 2.48. The van der Waals surface area contributed by atoms with Gasteiger partial charge in [-0.05, 0) is 30.7 Å². The topological polar surface area (TPSA) is 17.1 Å². The van der Waals surface area contributed by atoms with Crippen molar-refractivity contribution in [1.82, 2.24) is 0 Å². The predicted octanol–water partition coefficient (Wildman–Crippen LogP) is 4.03. The summed E-state index contributed by atoms with van der Waals surface area (Å²) in [5, 5.41) is 0. The van der Waals surface area contributed by atoms with E-state index in [1.54, 1.807) is 0 Å². The van der Waals surface area contributed by atoms with E-state index >= 15 is 0 Å². The second kappa shape index (κ2) is 5.11. The van der Waals surface area contributed by atoms with E-state index < -0.39 is 8.07 Å². The Morgan fingerprint density at radius 2 is 2.07 bits per heavy atom. The Morgan fingerprint density at radius 1 is 1.40 bits per heavy atom. The van der Waals surface area contributed by atoms with E-state index in [1.165, 1.54) is 6.42 Å². The lowest BCUT2D eigenvalue weighted by molar-refractivity contribution is -0.121. The molecule has 1 aliphatic carbocycles. The number of carbonyl (C=O) groups excluding carboxylic acids is 1. The largest absolute Gasteiger partial charge is 0.300 e. The Hall–Kier alpha value is -0.373. The van der Waals surface area contributed by atoms with Gasteiger partial charge >= 0.3 is 0 Å². The number of hydrogen-bond acceptors (Lipinski definition) is 1. The van der Waals surface area contributed by atoms with E-state index in [0.29, 0.717) is 17.2 Å². The van der Waals surface area contributed by atoms with Gasteiger partial charge in [-0.15, -0.1) is 6.58 Å². The van der Waals surface area contributed by atoms with Crippen LogP contribution < -0.4 is 0 Å². The molecule has 0 radical (unpaired) electrons. The molecule has 1 fully saturated rings. The minimum atomic E-state index is -1.13. The van der Waals surface area contributed by atoms with Crippen molar-refractivity contribution >= 4 is 13.9 Å². The highest BCUT2D eigenvalue weighted by atomic mass is 28.3. The van der Waals surface area contributed by atoms with Crippen LogP contribution in [0.15, 0.2) is 12.7 Å². The quantitative estimate of drug-likeness (QED) is 0.520. The molecule has 0 aromatic carbocycles. The Labute approximate surface area is 95.0 Å². The molecule has 1 rings (SSSR count). The van der Waals surface area contributed by atoms with Gasteiger partial charge in [0, 0.05) is 20.9 Å². The van der Waals surface area contributed by atoms with Crippen molar-refractivity contribution in [3.05, 3.63) is 12.7 Å². The van der Waals surface area contributed by atoms with Crippen molar-refractivity contribution in [2.24, 2.45) is 5.92 Å². The molecule has 1 aliphatic rings. The lowest BCUT2D eigenvalue weighted by Crippen LogP contribution is -2.35. The summed E-state index contributed by atoms with van der Waals surface area (Å²) < 4.78 is 0. The van der Waals surface area contributed by atoms with Crippen molar-refractivity contribution in [2.45, 2.75) is 57.3 Å². The van der Waals surface area contributed by atoms with Crippen LogP contribution in [0.2, 0.25) is 25.2 Å². The fourth-order valence-corrected chi connectivity index (χ4v) is 4.36. The number of ketones is 1. The summed E-state index contributed by atoms with van der Waals surface area (Å²) >= 11 is 0. The van der Waals surface area contributed by atoms with Gasteiger partial charge in [-0.2, -0.15) is 0 Å². The van der Waals surface area contributed by atoms with Gasteiger partial charge in [0.2, 0.25) is 0 Å². The van der Waals surface area contributed by atoms with Crippen molar-refractivity contribution < 1.29 is 4.79 Å². The number of Topliss-reactive ketones (excluding diaryl/α,β-unsaturated/α-hetero) is 1. The highest BCUT2D eigenvalue weighted by Gasteiger charge is 2.34. The van der Waals surface area contributed by atoms with Crippen LogP contribution in [-0.2, 0) is 4.79 Å². The van der Waals surface area contributed by atoms with Crippen molar-refractivity contribution in [1.29, 1.82) is 0 Å². The molecule has 86 valence electrons. The van der Waals surface area contributed by atoms with Crippen molar-refractivity contribution in [3.63, 3.8) is 0 Å². The molecular weight excluding hydrogens is 200 g/mol. The first kappa shape index (κ1) is 12.7. The molecular formula is C13H24OSi. The minimum Gasteiger partial charge on any atom is -0.300 e. The monoisotopic (exact) mass is 224 g/mol.